The van der Waals surface area contributed by atoms with Crippen LogP contribution in [-0.4, -0.2) is 46.6 Å². The summed E-state index contributed by atoms with van der Waals surface area (Å²) in [5.41, 5.74) is 1.41. The van der Waals surface area contributed by atoms with Gasteiger partial charge in [0.25, 0.3) is 11.6 Å². The van der Waals surface area contributed by atoms with Gasteiger partial charge in [-0.1, -0.05) is 12.1 Å². The van der Waals surface area contributed by atoms with E-state index in [4.69, 9.17) is 13.7 Å². The third kappa shape index (κ3) is 3.49. The highest BCUT2D eigenvalue weighted by Gasteiger charge is 2.24. The van der Waals surface area contributed by atoms with Crippen LogP contribution >= 0.6 is 0 Å². The Morgan fingerprint density at radius 2 is 2.25 bits per heavy atom. The third-order valence-electron chi connectivity index (χ3n) is 4.95. The molecule has 0 saturated carbocycles. The SMILES string of the molecule is Cc1noc2nc(-c3ccco3)cc(C(=O)OCC(=O)N3CCCC(C)C3)c12. The minimum atomic E-state index is -0.620. The fourth-order valence-corrected chi connectivity index (χ4v) is 3.52. The molecule has 1 unspecified atom stereocenters. The van der Waals surface area contributed by atoms with Crippen LogP contribution in [0.4, 0.5) is 0 Å². The lowest BCUT2D eigenvalue weighted by Crippen LogP contribution is -2.41. The highest BCUT2D eigenvalue weighted by Crippen LogP contribution is 2.27. The molecule has 28 heavy (non-hydrogen) atoms. The number of aryl methyl sites for hydroxylation is 1. The van der Waals surface area contributed by atoms with Gasteiger partial charge in [-0.05, 0) is 43.9 Å². The third-order valence-corrected chi connectivity index (χ3v) is 4.95. The van der Waals surface area contributed by atoms with E-state index in [0.29, 0.717) is 41.5 Å². The van der Waals surface area contributed by atoms with Crippen molar-refractivity contribution in [1.29, 1.82) is 0 Å². The zero-order valence-electron chi connectivity index (χ0n) is 15.8. The molecule has 8 nitrogen and oxygen atoms in total. The predicted octanol–water partition coefficient (Wildman–Crippen LogP) is 3.21. The van der Waals surface area contributed by atoms with Crippen molar-refractivity contribution < 1.29 is 23.3 Å². The van der Waals surface area contributed by atoms with Crippen LogP contribution in [0.25, 0.3) is 22.6 Å². The molecule has 3 aromatic heterocycles. The second kappa shape index (κ2) is 7.46. The number of hydrogen-bond acceptors (Lipinski definition) is 7. The second-order valence-corrected chi connectivity index (χ2v) is 7.14. The average Bonchev–Trinajstić information content (AvgIpc) is 3.35. The molecule has 0 radical (unpaired) electrons. The number of furan rings is 1. The molecule has 0 spiro atoms. The number of esters is 1. The first-order valence-electron chi connectivity index (χ1n) is 9.28. The number of amides is 1. The van der Waals surface area contributed by atoms with Gasteiger partial charge in [-0.3, -0.25) is 4.79 Å². The molecule has 4 heterocycles. The predicted molar refractivity (Wildman–Crippen MR) is 99.5 cm³/mol. The van der Waals surface area contributed by atoms with E-state index in [9.17, 15) is 9.59 Å². The fourth-order valence-electron chi connectivity index (χ4n) is 3.52. The van der Waals surface area contributed by atoms with Gasteiger partial charge >= 0.3 is 5.97 Å². The van der Waals surface area contributed by atoms with Crippen molar-refractivity contribution in [2.24, 2.45) is 5.92 Å². The maximum Gasteiger partial charge on any atom is 0.339 e. The van der Waals surface area contributed by atoms with Crippen LogP contribution in [-0.2, 0) is 9.53 Å². The van der Waals surface area contributed by atoms with Gasteiger partial charge in [-0.15, -0.1) is 0 Å². The minimum absolute atomic E-state index is 0.182. The summed E-state index contributed by atoms with van der Waals surface area (Å²) in [6, 6.07) is 5.03. The average molecular weight is 383 g/mol. The molecule has 4 rings (SSSR count). The molecule has 0 bridgehead atoms. The first-order valence-corrected chi connectivity index (χ1v) is 9.28. The Morgan fingerprint density at radius 1 is 1.39 bits per heavy atom. The summed E-state index contributed by atoms with van der Waals surface area (Å²) < 4.78 is 15.9. The van der Waals surface area contributed by atoms with Crippen molar-refractivity contribution in [2.45, 2.75) is 26.7 Å². The van der Waals surface area contributed by atoms with Crippen LogP contribution in [0.3, 0.4) is 0 Å². The molecule has 0 N–H and O–H groups in total. The summed E-state index contributed by atoms with van der Waals surface area (Å²) in [7, 11) is 0. The summed E-state index contributed by atoms with van der Waals surface area (Å²) in [5, 5.41) is 4.36. The van der Waals surface area contributed by atoms with E-state index in [1.54, 1.807) is 30.0 Å². The maximum atomic E-state index is 12.8. The zero-order valence-corrected chi connectivity index (χ0v) is 15.8. The lowest BCUT2D eigenvalue weighted by Gasteiger charge is -2.30. The van der Waals surface area contributed by atoms with Crippen LogP contribution in [0, 0.1) is 12.8 Å². The Morgan fingerprint density at radius 3 is 3.00 bits per heavy atom. The number of rotatable bonds is 4. The molecule has 1 fully saturated rings. The van der Waals surface area contributed by atoms with Crippen LogP contribution in [0.15, 0.2) is 33.4 Å². The largest absolute Gasteiger partial charge is 0.463 e. The lowest BCUT2D eigenvalue weighted by atomic mass is 10.0. The normalized spacial score (nSPS) is 17.1. The number of nitrogens with zero attached hydrogens (tertiary/aromatic N) is 3. The van der Waals surface area contributed by atoms with Crippen molar-refractivity contribution in [3.8, 4) is 11.5 Å². The van der Waals surface area contributed by atoms with Crippen molar-refractivity contribution >= 4 is 23.0 Å². The molecule has 1 atom stereocenters. The highest BCUT2D eigenvalue weighted by molar-refractivity contribution is 6.04. The van der Waals surface area contributed by atoms with Gasteiger partial charge in [-0.2, -0.15) is 0 Å². The molecule has 146 valence electrons. The second-order valence-electron chi connectivity index (χ2n) is 7.14. The summed E-state index contributed by atoms with van der Waals surface area (Å²) in [6.45, 7) is 4.94. The summed E-state index contributed by atoms with van der Waals surface area (Å²) >= 11 is 0. The van der Waals surface area contributed by atoms with Gasteiger partial charge in [-0.25, -0.2) is 9.78 Å². The molecule has 1 amide bonds. The van der Waals surface area contributed by atoms with E-state index < -0.39 is 5.97 Å². The summed E-state index contributed by atoms with van der Waals surface area (Å²) in [5.74, 6) is 0.149. The van der Waals surface area contributed by atoms with E-state index in [-0.39, 0.29) is 23.8 Å². The Hall–Kier alpha value is -3.16. The monoisotopic (exact) mass is 383 g/mol. The standard InChI is InChI=1S/C20H21N3O5/c1-12-5-3-7-23(10-12)17(24)11-27-20(25)14-9-15(16-6-4-8-26-16)21-19-18(14)13(2)22-28-19/h4,6,8-9,12H,3,5,7,10-11H2,1-2H3. The van der Waals surface area contributed by atoms with Gasteiger partial charge in [0.2, 0.25) is 0 Å². The van der Waals surface area contributed by atoms with Gasteiger partial charge in [0.1, 0.15) is 5.69 Å². The Labute approximate surface area is 161 Å². The number of carbonyl (C=O) groups excluding carboxylic acids is 2. The van der Waals surface area contributed by atoms with Crippen LogP contribution < -0.4 is 0 Å². The number of pyridine rings is 1. The molecule has 1 saturated heterocycles. The molecule has 0 aliphatic carbocycles. The van der Waals surface area contributed by atoms with E-state index >= 15 is 0 Å². The quantitative estimate of drug-likeness (QED) is 0.638. The molecular formula is C20H21N3O5. The fraction of sp³-hybridized carbons (Fsp3) is 0.400. The van der Waals surface area contributed by atoms with Crippen molar-refractivity contribution in [1.82, 2.24) is 15.0 Å². The highest BCUT2D eigenvalue weighted by atomic mass is 16.5. The number of ether oxygens (including phenoxy) is 1. The van der Waals surface area contributed by atoms with Gasteiger partial charge in [0, 0.05) is 13.1 Å². The summed E-state index contributed by atoms with van der Waals surface area (Å²) in [4.78, 5) is 31.3. The number of piperidine rings is 1. The van der Waals surface area contributed by atoms with E-state index in [1.165, 1.54) is 6.26 Å². The minimum Gasteiger partial charge on any atom is -0.463 e. The molecular weight excluding hydrogens is 362 g/mol. The van der Waals surface area contributed by atoms with Gasteiger partial charge < -0.3 is 18.6 Å². The van der Waals surface area contributed by atoms with E-state index in [1.807, 2.05) is 0 Å². The lowest BCUT2D eigenvalue weighted by molar-refractivity contribution is -0.136. The number of hydrogen-bond donors (Lipinski definition) is 0. The maximum absolute atomic E-state index is 12.8. The number of aromatic nitrogens is 2. The van der Waals surface area contributed by atoms with Crippen LogP contribution in [0.1, 0.15) is 35.8 Å². The van der Waals surface area contributed by atoms with Crippen LogP contribution in [0.2, 0.25) is 0 Å². The zero-order chi connectivity index (χ0) is 19.7. The van der Waals surface area contributed by atoms with Crippen molar-refractivity contribution in [3.05, 3.63) is 35.7 Å². The van der Waals surface area contributed by atoms with Crippen molar-refractivity contribution in [3.63, 3.8) is 0 Å². The Kier molecular flexibility index (Phi) is 4.85. The molecule has 1 aliphatic heterocycles. The topological polar surface area (TPSA) is 98.7 Å². The van der Waals surface area contributed by atoms with Crippen LogP contribution in [0.5, 0.6) is 0 Å². The Balaban J connectivity index is 1.56. The van der Waals surface area contributed by atoms with E-state index in [0.717, 1.165) is 12.8 Å². The Bertz CT molecular complexity index is 1010. The van der Waals surface area contributed by atoms with Gasteiger partial charge in [0.15, 0.2) is 12.4 Å². The number of carbonyl (C=O) groups is 2. The molecule has 8 heteroatoms. The number of fused-ring (bicyclic) bond motifs is 1. The molecule has 0 aromatic carbocycles. The molecule has 3 aromatic rings. The summed E-state index contributed by atoms with van der Waals surface area (Å²) in [6.07, 6.45) is 3.60. The van der Waals surface area contributed by atoms with E-state index in [2.05, 4.69) is 17.1 Å². The first-order chi connectivity index (χ1) is 13.5. The number of likely N-dealkylation sites (tertiary alicyclic amines) is 1. The molecule has 1 aliphatic rings. The van der Waals surface area contributed by atoms with Crippen molar-refractivity contribution in [2.75, 3.05) is 19.7 Å². The smallest absolute Gasteiger partial charge is 0.339 e. The first kappa shape index (κ1) is 18.2. The van der Waals surface area contributed by atoms with Gasteiger partial charge in [0.05, 0.1) is 22.9 Å².